The van der Waals surface area contributed by atoms with Gasteiger partial charge in [-0.25, -0.2) is 0 Å². The molecule has 3 rings (SSSR count). The molecule has 3 heteroatoms. The normalized spacial score (nSPS) is 16.6. The number of fused-ring (bicyclic) bond motifs is 1. The van der Waals surface area contributed by atoms with Crippen LogP contribution in [0.3, 0.4) is 0 Å². The Kier molecular flexibility index (Phi) is 3.42. The van der Waals surface area contributed by atoms with Crippen molar-refractivity contribution in [3.8, 4) is 0 Å². The summed E-state index contributed by atoms with van der Waals surface area (Å²) in [7, 11) is 0. The molecule has 0 aliphatic heterocycles. The minimum atomic E-state index is -0.0478. The van der Waals surface area contributed by atoms with E-state index in [0.717, 1.165) is 24.2 Å². The maximum Gasteiger partial charge on any atom is 0.221 e. The molecule has 0 aromatic heterocycles. The van der Waals surface area contributed by atoms with Crippen LogP contribution in [0.1, 0.15) is 30.5 Å². The van der Waals surface area contributed by atoms with Gasteiger partial charge in [0.1, 0.15) is 0 Å². The van der Waals surface area contributed by atoms with E-state index < -0.39 is 0 Å². The van der Waals surface area contributed by atoms with Gasteiger partial charge < -0.3 is 10.6 Å². The predicted octanol–water partition coefficient (Wildman–Crippen LogP) is 3.74. The van der Waals surface area contributed by atoms with E-state index in [1.807, 2.05) is 24.3 Å². The van der Waals surface area contributed by atoms with Crippen molar-refractivity contribution in [3.63, 3.8) is 0 Å². The smallest absolute Gasteiger partial charge is 0.221 e. The minimum absolute atomic E-state index is 0.0478. The van der Waals surface area contributed by atoms with E-state index >= 15 is 0 Å². The molecule has 20 heavy (non-hydrogen) atoms. The van der Waals surface area contributed by atoms with Gasteiger partial charge in [0.2, 0.25) is 5.91 Å². The van der Waals surface area contributed by atoms with Crippen molar-refractivity contribution in [3.05, 3.63) is 59.7 Å². The van der Waals surface area contributed by atoms with Gasteiger partial charge in [-0.2, -0.15) is 0 Å². The third kappa shape index (κ3) is 2.67. The average molecular weight is 266 g/mol. The first-order valence-electron chi connectivity index (χ1n) is 6.94. The Morgan fingerprint density at radius 2 is 1.90 bits per heavy atom. The van der Waals surface area contributed by atoms with E-state index in [2.05, 4.69) is 34.9 Å². The van der Waals surface area contributed by atoms with Crippen LogP contribution in [0.25, 0.3) is 0 Å². The summed E-state index contributed by atoms with van der Waals surface area (Å²) in [6, 6.07) is 16.8. The number of rotatable bonds is 3. The van der Waals surface area contributed by atoms with E-state index in [9.17, 15) is 4.79 Å². The Balaban J connectivity index is 1.77. The fraction of sp³-hybridized carbons (Fsp3) is 0.235. The molecule has 2 aromatic carbocycles. The molecule has 2 aromatic rings. The van der Waals surface area contributed by atoms with Gasteiger partial charge >= 0.3 is 0 Å². The molecular weight excluding hydrogens is 248 g/mol. The second-order valence-corrected chi connectivity index (χ2v) is 5.20. The largest absolute Gasteiger partial charge is 0.378 e. The van der Waals surface area contributed by atoms with E-state index in [-0.39, 0.29) is 5.91 Å². The van der Waals surface area contributed by atoms with Gasteiger partial charge in [-0.15, -0.1) is 0 Å². The number of carbonyl (C=O) groups is 1. The van der Waals surface area contributed by atoms with Crippen LogP contribution in [0.2, 0.25) is 0 Å². The topological polar surface area (TPSA) is 41.1 Å². The maximum absolute atomic E-state index is 11.1. The number of amides is 1. The fourth-order valence-corrected chi connectivity index (χ4v) is 2.80. The Hall–Kier alpha value is -2.29. The van der Waals surface area contributed by atoms with Gasteiger partial charge in [-0.05, 0) is 42.2 Å². The zero-order valence-corrected chi connectivity index (χ0v) is 11.5. The van der Waals surface area contributed by atoms with E-state index in [1.54, 1.807) is 0 Å². The van der Waals surface area contributed by atoms with E-state index in [4.69, 9.17) is 0 Å². The molecule has 0 heterocycles. The lowest BCUT2D eigenvalue weighted by Gasteiger charge is -2.16. The van der Waals surface area contributed by atoms with Gasteiger partial charge in [0, 0.05) is 18.3 Å². The van der Waals surface area contributed by atoms with Crippen LogP contribution in [0.5, 0.6) is 0 Å². The van der Waals surface area contributed by atoms with Gasteiger partial charge in [0.15, 0.2) is 0 Å². The summed E-state index contributed by atoms with van der Waals surface area (Å²) >= 11 is 0. The van der Waals surface area contributed by atoms with Crippen LogP contribution in [0.15, 0.2) is 48.5 Å². The van der Waals surface area contributed by atoms with Crippen LogP contribution in [0, 0.1) is 0 Å². The van der Waals surface area contributed by atoms with Crippen molar-refractivity contribution in [1.29, 1.82) is 0 Å². The molecule has 1 unspecified atom stereocenters. The van der Waals surface area contributed by atoms with Crippen molar-refractivity contribution in [2.75, 3.05) is 10.6 Å². The highest BCUT2D eigenvalue weighted by molar-refractivity contribution is 5.89. The van der Waals surface area contributed by atoms with Gasteiger partial charge in [0.05, 0.1) is 6.04 Å². The van der Waals surface area contributed by atoms with Crippen molar-refractivity contribution in [2.24, 2.45) is 0 Å². The highest BCUT2D eigenvalue weighted by Gasteiger charge is 2.21. The minimum Gasteiger partial charge on any atom is -0.378 e. The van der Waals surface area contributed by atoms with E-state index in [1.165, 1.54) is 18.1 Å². The van der Waals surface area contributed by atoms with Crippen LogP contribution < -0.4 is 10.6 Å². The van der Waals surface area contributed by atoms with Crippen LogP contribution in [-0.4, -0.2) is 5.91 Å². The molecule has 0 radical (unpaired) electrons. The third-order valence-corrected chi connectivity index (χ3v) is 3.66. The summed E-state index contributed by atoms with van der Waals surface area (Å²) in [6.45, 7) is 1.52. The molecule has 0 spiro atoms. The van der Waals surface area contributed by atoms with Crippen molar-refractivity contribution >= 4 is 17.3 Å². The van der Waals surface area contributed by atoms with Gasteiger partial charge in [-0.3, -0.25) is 4.79 Å². The molecule has 1 aliphatic rings. The molecule has 0 fully saturated rings. The standard InChI is InChI=1S/C17H18N2O/c1-12(20)18-14-6-4-7-15(11-14)19-17-10-9-13-5-2-3-8-16(13)17/h2-8,11,17,19H,9-10H2,1H3,(H,18,20). The quantitative estimate of drug-likeness (QED) is 0.888. The van der Waals surface area contributed by atoms with Gasteiger partial charge in [0.25, 0.3) is 0 Å². The summed E-state index contributed by atoms with van der Waals surface area (Å²) in [5.41, 5.74) is 4.69. The molecule has 3 nitrogen and oxygen atoms in total. The predicted molar refractivity (Wildman–Crippen MR) is 81.9 cm³/mol. The van der Waals surface area contributed by atoms with Crippen molar-refractivity contribution < 1.29 is 4.79 Å². The Bertz CT molecular complexity index is 636. The summed E-state index contributed by atoms with van der Waals surface area (Å²) in [4.78, 5) is 11.1. The molecular formula is C17H18N2O. The summed E-state index contributed by atoms with van der Waals surface area (Å²) in [5.74, 6) is -0.0478. The Morgan fingerprint density at radius 3 is 2.75 bits per heavy atom. The number of carbonyl (C=O) groups excluding carboxylic acids is 1. The molecule has 0 saturated carbocycles. The lowest BCUT2D eigenvalue weighted by molar-refractivity contribution is -0.114. The first-order valence-corrected chi connectivity index (χ1v) is 6.94. The molecule has 0 saturated heterocycles. The lowest BCUT2D eigenvalue weighted by atomic mass is 10.1. The first kappa shape index (κ1) is 12.7. The van der Waals surface area contributed by atoms with Crippen molar-refractivity contribution in [2.45, 2.75) is 25.8 Å². The van der Waals surface area contributed by atoms with E-state index in [0.29, 0.717) is 6.04 Å². The average Bonchev–Trinajstić information content (AvgIpc) is 2.82. The zero-order chi connectivity index (χ0) is 13.9. The Labute approximate surface area is 119 Å². The summed E-state index contributed by atoms with van der Waals surface area (Å²) in [5, 5.41) is 6.37. The SMILES string of the molecule is CC(=O)Nc1cccc(NC2CCc3ccccc32)c1. The summed E-state index contributed by atoms with van der Waals surface area (Å²) in [6.07, 6.45) is 2.24. The molecule has 1 aliphatic carbocycles. The summed E-state index contributed by atoms with van der Waals surface area (Å²) < 4.78 is 0. The van der Waals surface area contributed by atoms with Gasteiger partial charge in [-0.1, -0.05) is 30.3 Å². The maximum atomic E-state index is 11.1. The number of hydrogen-bond acceptors (Lipinski definition) is 2. The third-order valence-electron chi connectivity index (χ3n) is 3.66. The molecule has 0 bridgehead atoms. The van der Waals surface area contributed by atoms with Crippen LogP contribution >= 0.6 is 0 Å². The molecule has 2 N–H and O–H groups in total. The zero-order valence-electron chi connectivity index (χ0n) is 11.5. The number of benzene rings is 2. The fourth-order valence-electron chi connectivity index (χ4n) is 2.80. The molecule has 1 amide bonds. The molecule has 1 atom stereocenters. The first-order chi connectivity index (χ1) is 9.72. The Morgan fingerprint density at radius 1 is 1.10 bits per heavy atom. The highest BCUT2D eigenvalue weighted by atomic mass is 16.1. The second-order valence-electron chi connectivity index (χ2n) is 5.20. The number of nitrogens with one attached hydrogen (secondary N) is 2. The second kappa shape index (κ2) is 5.37. The lowest BCUT2D eigenvalue weighted by Crippen LogP contribution is -2.09. The number of aryl methyl sites for hydroxylation is 1. The molecule has 102 valence electrons. The number of anilines is 2. The van der Waals surface area contributed by atoms with Crippen LogP contribution in [-0.2, 0) is 11.2 Å². The monoisotopic (exact) mass is 266 g/mol. The number of hydrogen-bond donors (Lipinski definition) is 2. The highest BCUT2D eigenvalue weighted by Crippen LogP contribution is 2.33. The van der Waals surface area contributed by atoms with Crippen LogP contribution in [0.4, 0.5) is 11.4 Å². The van der Waals surface area contributed by atoms with Crippen molar-refractivity contribution in [1.82, 2.24) is 0 Å².